The summed E-state index contributed by atoms with van der Waals surface area (Å²) in [4.78, 5) is 38.1. The highest BCUT2D eigenvalue weighted by molar-refractivity contribution is 7.99. The highest BCUT2D eigenvalue weighted by Crippen LogP contribution is 2.34. The number of thiophene rings is 1. The van der Waals surface area contributed by atoms with Crippen LogP contribution in [0.3, 0.4) is 0 Å². The van der Waals surface area contributed by atoms with E-state index in [4.69, 9.17) is 0 Å². The Bertz CT molecular complexity index is 1040. The Balaban J connectivity index is 1.39. The number of anilines is 1. The van der Waals surface area contributed by atoms with Gasteiger partial charge in [0.25, 0.3) is 5.56 Å². The van der Waals surface area contributed by atoms with Crippen molar-refractivity contribution < 1.29 is 4.79 Å². The smallest absolute Gasteiger partial charge is 0.259 e. The van der Waals surface area contributed by atoms with Crippen LogP contribution in [0, 0.1) is 6.92 Å². The summed E-state index contributed by atoms with van der Waals surface area (Å²) >= 11 is 3.05. The Hall–Kier alpha value is -2.19. The van der Waals surface area contributed by atoms with E-state index in [1.807, 2.05) is 19.1 Å². The number of nitrogens with one attached hydrogen (secondary N) is 2. The largest absolute Gasteiger partial charge is 0.310 e. The predicted octanol–water partition coefficient (Wildman–Crippen LogP) is 3.05. The highest BCUT2D eigenvalue weighted by Gasteiger charge is 2.21. The molecule has 1 aliphatic carbocycles. The lowest BCUT2D eigenvalue weighted by Gasteiger charge is -2.05. The number of hydrogen-bond donors (Lipinski definition) is 2. The molecule has 3 aromatic rings. The Morgan fingerprint density at radius 1 is 1.42 bits per heavy atom. The number of carbonyl (C=O) groups excluding carboxylic acids is 1. The van der Waals surface area contributed by atoms with Gasteiger partial charge in [-0.25, -0.2) is 9.97 Å². The third-order valence-corrected chi connectivity index (χ3v) is 6.41. The second-order valence-corrected chi connectivity index (χ2v) is 8.38. The molecule has 6 nitrogen and oxygen atoms in total. The molecule has 0 atom stereocenters. The van der Waals surface area contributed by atoms with Crippen LogP contribution in [0.1, 0.15) is 28.2 Å². The second-order valence-electron chi connectivity index (χ2n) is 6.31. The molecule has 0 unspecified atom stereocenters. The molecule has 0 aromatic carbocycles. The summed E-state index contributed by atoms with van der Waals surface area (Å²) in [6.45, 7) is 1.95. The van der Waals surface area contributed by atoms with E-state index in [2.05, 4.69) is 20.3 Å². The van der Waals surface area contributed by atoms with Gasteiger partial charge in [0.1, 0.15) is 16.5 Å². The van der Waals surface area contributed by atoms with Crippen molar-refractivity contribution in [2.45, 2.75) is 31.9 Å². The lowest BCUT2D eigenvalue weighted by Crippen LogP contribution is -2.16. The van der Waals surface area contributed by atoms with Crippen LogP contribution in [-0.4, -0.2) is 26.6 Å². The molecule has 2 N–H and O–H groups in total. The van der Waals surface area contributed by atoms with Crippen LogP contribution >= 0.6 is 23.1 Å². The van der Waals surface area contributed by atoms with E-state index in [1.165, 1.54) is 22.2 Å². The molecule has 1 aliphatic rings. The maximum atomic E-state index is 12.4. The first-order chi connectivity index (χ1) is 12.6. The summed E-state index contributed by atoms with van der Waals surface area (Å²) in [7, 11) is 0. The van der Waals surface area contributed by atoms with Crippen LogP contribution in [0.5, 0.6) is 0 Å². The van der Waals surface area contributed by atoms with Crippen LogP contribution in [0.25, 0.3) is 10.2 Å². The molecule has 0 aliphatic heterocycles. The van der Waals surface area contributed by atoms with Crippen molar-refractivity contribution in [3.8, 4) is 0 Å². The minimum absolute atomic E-state index is 0.0570. The number of aryl methyl sites for hydroxylation is 3. The van der Waals surface area contributed by atoms with E-state index in [0.717, 1.165) is 35.0 Å². The summed E-state index contributed by atoms with van der Waals surface area (Å²) in [5.41, 5.74) is 2.17. The second kappa shape index (κ2) is 7.20. The van der Waals surface area contributed by atoms with Crippen LogP contribution in [0.4, 0.5) is 5.82 Å². The zero-order valence-electron chi connectivity index (χ0n) is 14.3. The standard InChI is InChI=1S/C18H18N4O2S2/c1-10-5-6-19-13(7-10)20-15(23)9-25-8-14-21-17(24)16-11-3-2-4-12(11)26-18(16)22-14/h5-7H,2-4,8-9H2,1H3,(H,19,20,23)(H,21,22,24). The fraction of sp³-hybridized carbons (Fsp3) is 0.333. The maximum Gasteiger partial charge on any atom is 0.259 e. The summed E-state index contributed by atoms with van der Waals surface area (Å²) in [5.74, 6) is 1.82. The van der Waals surface area contributed by atoms with E-state index in [9.17, 15) is 9.59 Å². The van der Waals surface area contributed by atoms with Gasteiger partial charge >= 0.3 is 0 Å². The molecule has 0 radical (unpaired) electrons. The van der Waals surface area contributed by atoms with Crippen molar-refractivity contribution in [2.75, 3.05) is 11.1 Å². The summed E-state index contributed by atoms with van der Waals surface area (Å²) in [6, 6.07) is 3.70. The molecule has 8 heteroatoms. The molecule has 3 aromatic heterocycles. The van der Waals surface area contributed by atoms with Crippen LogP contribution in [0.2, 0.25) is 0 Å². The Labute approximate surface area is 158 Å². The number of fused-ring (bicyclic) bond motifs is 3. The number of H-pyrrole nitrogens is 1. The lowest BCUT2D eigenvalue weighted by atomic mass is 10.2. The fourth-order valence-electron chi connectivity index (χ4n) is 3.14. The topological polar surface area (TPSA) is 87.7 Å². The van der Waals surface area contributed by atoms with Gasteiger partial charge in [-0.1, -0.05) is 0 Å². The molecule has 26 heavy (non-hydrogen) atoms. The monoisotopic (exact) mass is 386 g/mol. The number of rotatable bonds is 5. The highest BCUT2D eigenvalue weighted by atomic mass is 32.2. The first-order valence-electron chi connectivity index (χ1n) is 8.44. The van der Waals surface area contributed by atoms with E-state index in [0.29, 0.717) is 17.4 Å². The Morgan fingerprint density at radius 3 is 3.15 bits per heavy atom. The van der Waals surface area contributed by atoms with E-state index in [-0.39, 0.29) is 17.2 Å². The van der Waals surface area contributed by atoms with Crippen molar-refractivity contribution in [1.29, 1.82) is 0 Å². The zero-order valence-corrected chi connectivity index (χ0v) is 15.9. The van der Waals surface area contributed by atoms with E-state index < -0.39 is 0 Å². The van der Waals surface area contributed by atoms with Crippen molar-refractivity contribution >= 4 is 45.0 Å². The number of aromatic nitrogens is 3. The molecule has 0 saturated carbocycles. The van der Waals surface area contributed by atoms with Crippen molar-refractivity contribution in [3.63, 3.8) is 0 Å². The predicted molar refractivity (Wildman–Crippen MR) is 106 cm³/mol. The Kier molecular flexibility index (Phi) is 4.78. The third kappa shape index (κ3) is 3.52. The van der Waals surface area contributed by atoms with Crippen LogP contribution in [0.15, 0.2) is 23.1 Å². The molecule has 3 heterocycles. The number of hydrogen-bond acceptors (Lipinski definition) is 6. The molecule has 0 fully saturated rings. The third-order valence-electron chi connectivity index (χ3n) is 4.28. The van der Waals surface area contributed by atoms with Gasteiger partial charge in [-0.15, -0.1) is 23.1 Å². The maximum absolute atomic E-state index is 12.4. The number of nitrogens with zero attached hydrogens (tertiary/aromatic N) is 2. The van der Waals surface area contributed by atoms with Crippen molar-refractivity contribution in [2.24, 2.45) is 0 Å². The lowest BCUT2D eigenvalue weighted by molar-refractivity contribution is -0.113. The average molecular weight is 387 g/mol. The number of aromatic amines is 1. The van der Waals surface area contributed by atoms with Gasteiger partial charge in [-0.05, 0) is 49.4 Å². The minimum Gasteiger partial charge on any atom is -0.310 e. The molecule has 0 bridgehead atoms. The van der Waals surface area contributed by atoms with Gasteiger partial charge in [-0.2, -0.15) is 0 Å². The number of carbonyl (C=O) groups is 1. The molecular formula is C18H18N4O2S2. The van der Waals surface area contributed by atoms with Crippen molar-refractivity contribution in [3.05, 3.63) is 50.5 Å². The normalized spacial score (nSPS) is 13.1. The van der Waals surface area contributed by atoms with Gasteiger partial charge in [-0.3, -0.25) is 9.59 Å². The van der Waals surface area contributed by atoms with Crippen LogP contribution < -0.4 is 10.9 Å². The van der Waals surface area contributed by atoms with Gasteiger partial charge in [0, 0.05) is 11.1 Å². The molecule has 1 amide bonds. The molecule has 134 valence electrons. The summed E-state index contributed by atoms with van der Waals surface area (Å²) in [6.07, 6.45) is 4.81. The molecule has 4 rings (SSSR count). The van der Waals surface area contributed by atoms with Crippen molar-refractivity contribution in [1.82, 2.24) is 15.0 Å². The summed E-state index contributed by atoms with van der Waals surface area (Å²) < 4.78 is 0. The number of pyridine rings is 1. The molecular weight excluding hydrogens is 368 g/mol. The van der Waals surface area contributed by atoms with Gasteiger partial charge in [0.05, 0.1) is 16.9 Å². The quantitative estimate of drug-likeness (QED) is 0.704. The molecule has 0 saturated heterocycles. The number of thioether (sulfide) groups is 1. The number of amides is 1. The molecule has 0 spiro atoms. The van der Waals surface area contributed by atoms with E-state index >= 15 is 0 Å². The van der Waals surface area contributed by atoms with Gasteiger partial charge in [0.2, 0.25) is 5.91 Å². The van der Waals surface area contributed by atoms with E-state index in [1.54, 1.807) is 17.5 Å². The van der Waals surface area contributed by atoms with Gasteiger partial charge in [0.15, 0.2) is 0 Å². The Morgan fingerprint density at radius 2 is 2.31 bits per heavy atom. The van der Waals surface area contributed by atoms with Crippen LogP contribution in [-0.2, 0) is 23.4 Å². The average Bonchev–Trinajstić information content (AvgIpc) is 3.15. The summed E-state index contributed by atoms with van der Waals surface area (Å²) in [5, 5.41) is 3.54. The first kappa shape index (κ1) is 17.2. The van der Waals surface area contributed by atoms with Gasteiger partial charge < -0.3 is 10.3 Å². The fourth-order valence-corrected chi connectivity index (χ4v) is 5.11. The zero-order chi connectivity index (χ0) is 18.1. The minimum atomic E-state index is -0.119. The first-order valence-corrected chi connectivity index (χ1v) is 10.4. The SMILES string of the molecule is Cc1ccnc(NC(=O)CSCc2nc3sc4c(c3c(=O)[nH]2)CCC4)c1.